The lowest BCUT2D eigenvalue weighted by Crippen LogP contribution is -2.35. The van der Waals surface area contributed by atoms with Crippen molar-refractivity contribution in [3.63, 3.8) is 0 Å². The minimum Gasteiger partial charge on any atom is -0.332 e. The van der Waals surface area contributed by atoms with E-state index in [1.165, 1.54) is 0 Å². The SMILES string of the molecule is CC#CCOC(C#N)NC(=O)c1cccc(C)c1. The van der Waals surface area contributed by atoms with Crippen molar-refractivity contribution in [3.8, 4) is 17.9 Å². The van der Waals surface area contributed by atoms with Gasteiger partial charge in [0.1, 0.15) is 12.7 Å². The lowest BCUT2D eigenvalue weighted by atomic mass is 10.1. The molecule has 4 nitrogen and oxygen atoms in total. The molecule has 0 fully saturated rings. The molecule has 0 aliphatic carbocycles. The Morgan fingerprint density at radius 1 is 1.56 bits per heavy atom. The van der Waals surface area contributed by atoms with E-state index in [0.717, 1.165) is 5.56 Å². The number of amides is 1. The zero-order chi connectivity index (χ0) is 13.4. The number of hydrogen-bond donors (Lipinski definition) is 1. The van der Waals surface area contributed by atoms with E-state index >= 15 is 0 Å². The van der Waals surface area contributed by atoms with Gasteiger partial charge in [-0.1, -0.05) is 23.6 Å². The summed E-state index contributed by atoms with van der Waals surface area (Å²) in [7, 11) is 0. The molecule has 1 atom stereocenters. The normalized spacial score (nSPS) is 10.7. The van der Waals surface area contributed by atoms with Crippen LogP contribution in [0.1, 0.15) is 22.8 Å². The van der Waals surface area contributed by atoms with Crippen molar-refractivity contribution >= 4 is 5.91 Å². The van der Waals surface area contributed by atoms with E-state index in [4.69, 9.17) is 10.00 Å². The average Bonchev–Trinajstić information content (AvgIpc) is 2.37. The molecule has 0 saturated heterocycles. The molecule has 0 aliphatic rings. The highest BCUT2D eigenvalue weighted by Crippen LogP contribution is 2.04. The fourth-order valence-electron chi connectivity index (χ4n) is 1.30. The van der Waals surface area contributed by atoms with E-state index in [1.54, 1.807) is 25.1 Å². The van der Waals surface area contributed by atoms with Gasteiger partial charge in [0.15, 0.2) is 0 Å². The highest BCUT2D eigenvalue weighted by molar-refractivity contribution is 5.94. The molecule has 1 rings (SSSR count). The summed E-state index contributed by atoms with van der Waals surface area (Å²) >= 11 is 0. The number of carbonyl (C=O) groups excluding carboxylic acids is 1. The van der Waals surface area contributed by atoms with Crippen molar-refractivity contribution in [2.45, 2.75) is 20.1 Å². The summed E-state index contributed by atoms with van der Waals surface area (Å²) in [6, 6.07) is 8.96. The Morgan fingerprint density at radius 3 is 2.94 bits per heavy atom. The van der Waals surface area contributed by atoms with Crippen LogP contribution in [-0.2, 0) is 4.74 Å². The minimum absolute atomic E-state index is 0.114. The number of carbonyl (C=O) groups is 1. The number of ether oxygens (including phenoxy) is 1. The molecule has 0 saturated carbocycles. The predicted molar refractivity (Wildman–Crippen MR) is 67.4 cm³/mol. The number of benzene rings is 1. The predicted octanol–water partition coefficient (Wildman–Crippen LogP) is 1.61. The second kappa shape index (κ2) is 7.11. The first kappa shape index (κ1) is 13.8. The maximum Gasteiger partial charge on any atom is 0.254 e. The van der Waals surface area contributed by atoms with Gasteiger partial charge in [0.25, 0.3) is 5.91 Å². The van der Waals surface area contributed by atoms with Crippen molar-refractivity contribution in [3.05, 3.63) is 35.4 Å². The van der Waals surface area contributed by atoms with Crippen LogP contribution >= 0.6 is 0 Å². The minimum atomic E-state index is -0.987. The van der Waals surface area contributed by atoms with Gasteiger partial charge in [0.2, 0.25) is 6.23 Å². The van der Waals surface area contributed by atoms with Crippen LogP contribution in [0.2, 0.25) is 0 Å². The molecule has 1 N–H and O–H groups in total. The Bertz CT molecular complexity index is 521. The number of hydrogen-bond acceptors (Lipinski definition) is 3. The van der Waals surface area contributed by atoms with E-state index in [-0.39, 0.29) is 12.5 Å². The molecule has 1 amide bonds. The third-order valence-corrected chi connectivity index (χ3v) is 2.16. The van der Waals surface area contributed by atoms with Crippen LogP contribution in [0.5, 0.6) is 0 Å². The number of nitrogens with one attached hydrogen (secondary N) is 1. The van der Waals surface area contributed by atoms with E-state index in [2.05, 4.69) is 17.2 Å². The highest BCUT2D eigenvalue weighted by atomic mass is 16.5. The standard InChI is InChI=1S/C14H14N2O2/c1-3-4-8-18-13(10-15)16-14(17)12-7-5-6-11(2)9-12/h5-7,9,13H,8H2,1-2H3,(H,16,17). The molecule has 0 bridgehead atoms. The molecule has 18 heavy (non-hydrogen) atoms. The summed E-state index contributed by atoms with van der Waals surface area (Å²) in [5.74, 6) is 4.96. The molecule has 0 heterocycles. The Hall–Kier alpha value is -2.30. The fraction of sp³-hybridized carbons (Fsp3) is 0.286. The molecule has 0 radical (unpaired) electrons. The largest absolute Gasteiger partial charge is 0.332 e. The second-order valence-corrected chi connectivity index (χ2v) is 3.59. The van der Waals surface area contributed by atoms with Gasteiger partial charge in [-0.3, -0.25) is 4.79 Å². The molecule has 1 aromatic rings. The van der Waals surface area contributed by atoms with E-state index in [0.29, 0.717) is 5.56 Å². The molecular formula is C14H14N2O2. The molecule has 0 aromatic heterocycles. The van der Waals surface area contributed by atoms with Gasteiger partial charge in [-0.05, 0) is 26.0 Å². The van der Waals surface area contributed by atoms with Crippen LogP contribution in [0, 0.1) is 30.1 Å². The average molecular weight is 242 g/mol. The van der Waals surface area contributed by atoms with Crippen molar-refractivity contribution in [1.82, 2.24) is 5.32 Å². The summed E-state index contributed by atoms with van der Waals surface area (Å²) in [5, 5.41) is 11.3. The van der Waals surface area contributed by atoms with Gasteiger partial charge in [0, 0.05) is 5.56 Å². The van der Waals surface area contributed by atoms with E-state index in [9.17, 15) is 4.79 Å². The third kappa shape index (κ3) is 4.29. The molecule has 0 spiro atoms. The van der Waals surface area contributed by atoms with Gasteiger partial charge < -0.3 is 10.1 Å². The van der Waals surface area contributed by atoms with Gasteiger partial charge in [-0.15, -0.1) is 5.92 Å². The van der Waals surface area contributed by atoms with Crippen LogP contribution in [0.15, 0.2) is 24.3 Å². The maximum absolute atomic E-state index is 11.8. The number of aryl methyl sites for hydroxylation is 1. The smallest absolute Gasteiger partial charge is 0.254 e. The first-order chi connectivity index (χ1) is 8.67. The Morgan fingerprint density at radius 2 is 2.33 bits per heavy atom. The monoisotopic (exact) mass is 242 g/mol. The fourth-order valence-corrected chi connectivity index (χ4v) is 1.30. The first-order valence-corrected chi connectivity index (χ1v) is 5.45. The molecule has 4 heteroatoms. The molecule has 0 aliphatic heterocycles. The third-order valence-electron chi connectivity index (χ3n) is 2.16. The Balaban J connectivity index is 2.62. The van der Waals surface area contributed by atoms with Gasteiger partial charge in [0.05, 0.1) is 0 Å². The topological polar surface area (TPSA) is 62.1 Å². The molecular weight excluding hydrogens is 228 g/mol. The Labute approximate surface area is 107 Å². The lowest BCUT2D eigenvalue weighted by Gasteiger charge is -2.11. The quantitative estimate of drug-likeness (QED) is 0.644. The van der Waals surface area contributed by atoms with Crippen molar-refractivity contribution < 1.29 is 9.53 Å². The van der Waals surface area contributed by atoms with Crippen molar-refractivity contribution in [2.24, 2.45) is 0 Å². The summed E-state index contributed by atoms with van der Waals surface area (Å²) in [5.41, 5.74) is 1.48. The first-order valence-electron chi connectivity index (χ1n) is 5.45. The summed E-state index contributed by atoms with van der Waals surface area (Å²) in [6.07, 6.45) is -0.987. The van der Waals surface area contributed by atoms with E-state index in [1.807, 2.05) is 19.1 Å². The summed E-state index contributed by atoms with van der Waals surface area (Å²) in [6.45, 7) is 3.69. The zero-order valence-corrected chi connectivity index (χ0v) is 10.4. The number of nitrogens with zero attached hydrogens (tertiary/aromatic N) is 1. The lowest BCUT2D eigenvalue weighted by molar-refractivity contribution is 0.0684. The number of rotatable bonds is 4. The van der Waals surface area contributed by atoms with Crippen LogP contribution in [0.3, 0.4) is 0 Å². The number of nitriles is 1. The van der Waals surface area contributed by atoms with Crippen LogP contribution < -0.4 is 5.32 Å². The van der Waals surface area contributed by atoms with Gasteiger partial charge in [-0.25, -0.2) is 0 Å². The molecule has 92 valence electrons. The van der Waals surface area contributed by atoms with Crippen molar-refractivity contribution in [1.29, 1.82) is 5.26 Å². The zero-order valence-electron chi connectivity index (χ0n) is 10.4. The van der Waals surface area contributed by atoms with Gasteiger partial charge >= 0.3 is 0 Å². The Kier molecular flexibility index (Phi) is 5.44. The van der Waals surface area contributed by atoms with Crippen LogP contribution in [0.25, 0.3) is 0 Å². The highest BCUT2D eigenvalue weighted by Gasteiger charge is 2.12. The summed E-state index contributed by atoms with van der Waals surface area (Å²) in [4.78, 5) is 11.8. The van der Waals surface area contributed by atoms with Crippen molar-refractivity contribution in [2.75, 3.05) is 6.61 Å². The summed E-state index contributed by atoms with van der Waals surface area (Å²) < 4.78 is 5.09. The van der Waals surface area contributed by atoms with Gasteiger partial charge in [-0.2, -0.15) is 5.26 Å². The van der Waals surface area contributed by atoms with Crippen LogP contribution in [0.4, 0.5) is 0 Å². The second-order valence-electron chi connectivity index (χ2n) is 3.59. The maximum atomic E-state index is 11.8. The van der Waals surface area contributed by atoms with E-state index < -0.39 is 6.23 Å². The molecule has 1 aromatic carbocycles. The van der Waals surface area contributed by atoms with Crippen LogP contribution in [-0.4, -0.2) is 18.7 Å². The molecule has 1 unspecified atom stereocenters.